The lowest BCUT2D eigenvalue weighted by Crippen LogP contribution is -2.37. The highest BCUT2D eigenvalue weighted by molar-refractivity contribution is 8.13. The summed E-state index contributed by atoms with van der Waals surface area (Å²) in [5.74, 6) is 1.14. The second-order valence-corrected chi connectivity index (χ2v) is 14.0. The first-order valence-electron chi connectivity index (χ1n) is 11.4. The number of aliphatic hydroxyl groups excluding tert-OH is 2. The molecule has 0 aromatic carbocycles. The van der Waals surface area contributed by atoms with Gasteiger partial charge in [-0.1, -0.05) is 18.7 Å². The Morgan fingerprint density at radius 3 is 2.71 bits per heavy atom. The van der Waals surface area contributed by atoms with Crippen molar-refractivity contribution >= 4 is 65.6 Å². The first kappa shape index (κ1) is 27.3. The van der Waals surface area contributed by atoms with Crippen LogP contribution in [0.4, 0.5) is 11.5 Å². The Hall–Kier alpha value is -0.720. The van der Waals surface area contributed by atoms with Gasteiger partial charge in [0.1, 0.15) is 5.69 Å². The summed E-state index contributed by atoms with van der Waals surface area (Å²) in [7, 11) is -3.61. The summed E-state index contributed by atoms with van der Waals surface area (Å²) in [6.07, 6.45) is 0.0241. The van der Waals surface area contributed by atoms with E-state index in [1.54, 1.807) is 18.0 Å². The molecule has 3 unspecified atom stereocenters. The van der Waals surface area contributed by atoms with Crippen LogP contribution in [0, 0.1) is 17.3 Å². The highest BCUT2D eigenvalue weighted by atomic mass is 35.5. The number of hydrogen-bond acceptors (Lipinski definition) is 12. The van der Waals surface area contributed by atoms with Crippen molar-refractivity contribution in [2.75, 3.05) is 42.4 Å². The maximum absolute atomic E-state index is 13.8. The van der Waals surface area contributed by atoms with Crippen LogP contribution < -0.4 is 5.73 Å². The first-order chi connectivity index (χ1) is 16.6. The molecule has 7 atom stereocenters. The zero-order valence-electron chi connectivity index (χ0n) is 19.5. The number of thioether (sulfide) groups is 2. The van der Waals surface area contributed by atoms with Gasteiger partial charge in [-0.3, -0.25) is 14.4 Å². The van der Waals surface area contributed by atoms with Crippen LogP contribution >= 0.6 is 42.7 Å². The van der Waals surface area contributed by atoms with E-state index in [2.05, 4.69) is 15.0 Å². The van der Waals surface area contributed by atoms with Crippen LogP contribution in [-0.4, -0.2) is 80.4 Å². The minimum Gasteiger partial charge on any atom is -0.390 e. The summed E-state index contributed by atoms with van der Waals surface area (Å²) in [6.45, 7) is 3.82. The van der Waals surface area contributed by atoms with Crippen molar-refractivity contribution in [3.8, 4) is 0 Å². The molecule has 0 radical (unpaired) electrons. The molecule has 1 aliphatic heterocycles. The highest BCUT2D eigenvalue weighted by Gasteiger charge is 2.73. The summed E-state index contributed by atoms with van der Waals surface area (Å²) in [6, 6.07) is 0. The third kappa shape index (κ3) is 5.60. The number of nitrogens with two attached hydrogens (primary N) is 1. The third-order valence-corrected chi connectivity index (χ3v) is 10.8. The van der Waals surface area contributed by atoms with Gasteiger partial charge >= 0.3 is 7.60 Å². The fourth-order valence-corrected chi connectivity index (χ4v) is 8.94. The molecular weight excluding hydrogens is 535 g/mol. The minimum atomic E-state index is -3.61. The first-order valence-corrected chi connectivity index (χ1v) is 15.7. The number of aromatic nitrogens is 2. The van der Waals surface area contributed by atoms with Crippen molar-refractivity contribution in [1.29, 1.82) is 0 Å². The molecule has 4 rings (SSSR count). The number of nitrogen functional groups attached to an aromatic ring is 1. The average Bonchev–Trinajstić information content (AvgIpc) is 3.26. The molecule has 2 fully saturated rings. The third-order valence-electron chi connectivity index (χ3n) is 6.84. The molecule has 1 aromatic heterocycles. The lowest BCUT2D eigenvalue weighted by atomic mass is 9.84. The lowest BCUT2D eigenvalue weighted by Gasteiger charge is -2.27. The fourth-order valence-electron chi connectivity index (χ4n) is 5.30. The second kappa shape index (κ2) is 10.9. The van der Waals surface area contributed by atoms with Crippen molar-refractivity contribution in [3.63, 3.8) is 0 Å². The van der Waals surface area contributed by atoms with E-state index >= 15 is 0 Å². The maximum Gasteiger partial charge on any atom is 0.331 e. The van der Waals surface area contributed by atoms with Gasteiger partial charge in [-0.25, -0.2) is 4.98 Å². The smallest absolute Gasteiger partial charge is 0.331 e. The van der Waals surface area contributed by atoms with Crippen molar-refractivity contribution in [2.45, 2.75) is 38.4 Å². The molecule has 4 N–H and O–H groups in total. The number of carbonyl (C=O) groups excluding carboxylic acids is 1. The molecule has 0 bridgehead atoms. The van der Waals surface area contributed by atoms with Gasteiger partial charge in [0, 0.05) is 41.9 Å². The van der Waals surface area contributed by atoms with E-state index in [-0.39, 0.29) is 41.5 Å². The normalized spacial score (nSPS) is 32.3. The Balaban J connectivity index is 1.51. The van der Waals surface area contributed by atoms with Gasteiger partial charge in [0.15, 0.2) is 10.9 Å². The number of aliphatic imine (C=N–C) groups is 1. The largest absolute Gasteiger partial charge is 0.390 e. The molecule has 1 aromatic rings. The van der Waals surface area contributed by atoms with Gasteiger partial charge in [0.2, 0.25) is 5.28 Å². The summed E-state index contributed by atoms with van der Waals surface area (Å²) in [5.41, 5.74) is 6.08. The molecule has 10 nitrogen and oxygen atoms in total. The number of hydrogen-bond donors (Lipinski definition) is 3. The average molecular weight is 565 g/mol. The van der Waals surface area contributed by atoms with Gasteiger partial charge in [0.05, 0.1) is 37.3 Å². The topological polar surface area (TPSA) is 157 Å². The number of fused-ring (bicyclic) bond motifs is 2. The van der Waals surface area contributed by atoms with Crippen LogP contribution in [0.2, 0.25) is 5.28 Å². The Morgan fingerprint density at radius 2 is 2.03 bits per heavy atom. The predicted molar refractivity (Wildman–Crippen MR) is 139 cm³/mol. The fraction of sp³-hybridized carbons (Fsp3) is 0.714. The molecule has 0 saturated heterocycles. The van der Waals surface area contributed by atoms with E-state index in [1.807, 2.05) is 6.92 Å². The van der Waals surface area contributed by atoms with Crippen LogP contribution in [0.5, 0.6) is 0 Å². The molecule has 194 valence electrons. The van der Waals surface area contributed by atoms with Crippen LogP contribution in [0.25, 0.3) is 0 Å². The molecular formula is C21H30ClN4O6PS2. The zero-order chi connectivity index (χ0) is 25.4. The monoisotopic (exact) mass is 564 g/mol. The summed E-state index contributed by atoms with van der Waals surface area (Å²) < 4.78 is 25.2. The Bertz CT molecular complexity index is 1050. The predicted octanol–water partition coefficient (Wildman–Crippen LogP) is 3.13. The molecule has 14 heteroatoms. The van der Waals surface area contributed by atoms with Gasteiger partial charge in [-0.2, -0.15) is 16.7 Å². The summed E-state index contributed by atoms with van der Waals surface area (Å²) in [4.78, 5) is 23.8. The van der Waals surface area contributed by atoms with Crippen molar-refractivity contribution in [2.24, 2.45) is 22.2 Å². The van der Waals surface area contributed by atoms with Crippen LogP contribution in [0.1, 0.15) is 31.9 Å². The second-order valence-electron chi connectivity index (χ2n) is 8.94. The maximum atomic E-state index is 13.8. The van der Waals surface area contributed by atoms with Crippen molar-refractivity contribution < 1.29 is 28.6 Å². The van der Waals surface area contributed by atoms with Crippen LogP contribution in [0.3, 0.4) is 0 Å². The van der Waals surface area contributed by atoms with Gasteiger partial charge < -0.3 is 25.0 Å². The SMILES string of the molecule is CCSCCOP(=O)(CC12C[C@@H]1[C@@H](C1C=Nc3c(N)nc(Cl)nc31)[C@H](O)[C@@H]2O)OCCSC(C)=O. The summed E-state index contributed by atoms with van der Waals surface area (Å²) >= 11 is 8.76. The molecule has 0 amide bonds. The molecule has 3 aliphatic rings. The van der Waals surface area contributed by atoms with Crippen LogP contribution in [0.15, 0.2) is 4.99 Å². The van der Waals surface area contributed by atoms with E-state index in [0.29, 0.717) is 29.3 Å². The Kier molecular flexibility index (Phi) is 8.55. The van der Waals surface area contributed by atoms with Crippen molar-refractivity contribution in [3.05, 3.63) is 11.0 Å². The zero-order valence-corrected chi connectivity index (χ0v) is 22.8. The molecule has 2 saturated carbocycles. The molecule has 35 heavy (non-hydrogen) atoms. The molecule has 2 heterocycles. The van der Waals surface area contributed by atoms with E-state index in [9.17, 15) is 19.6 Å². The number of nitrogens with zero attached hydrogens (tertiary/aromatic N) is 3. The number of aliphatic hydroxyl groups is 2. The number of carbonyl (C=O) groups is 1. The lowest BCUT2D eigenvalue weighted by molar-refractivity contribution is -0.109. The van der Waals surface area contributed by atoms with Gasteiger partial charge in [0.25, 0.3) is 0 Å². The van der Waals surface area contributed by atoms with Gasteiger partial charge in [-0.05, 0) is 29.7 Å². The molecule has 2 aliphatic carbocycles. The standard InChI is InChI=1S/C21H30ClN4O6PS2/c1-3-34-6-4-31-33(30,32-5-7-35-11(2)27)10-21-8-13(21)14(17(28)18(21)29)12-9-24-16-15(12)25-20(22)26-19(16)23/h9,12-14,17-18,28-29H,3-8,10H2,1-2H3,(H2,23,25,26)/t12?,13-,14-,17+,18+,21?,33?/m1/s1. The van der Waals surface area contributed by atoms with E-state index < -0.39 is 37.1 Å². The van der Waals surface area contributed by atoms with Gasteiger partial charge in [-0.15, -0.1) is 0 Å². The minimum absolute atomic E-state index is 0.00785. The highest BCUT2D eigenvalue weighted by Crippen LogP contribution is 2.73. The number of rotatable bonds is 12. The van der Waals surface area contributed by atoms with E-state index in [1.165, 1.54) is 6.92 Å². The Morgan fingerprint density at radius 1 is 1.31 bits per heavy atom. The van der Waals surface area contributed by atoms with E-state index in [0.717, 1.165) is 17.5 Å². The quantitative estimate of drug-likeness (QED) is 0.194. The summed E-state index contributed by atoms with van der Waals surface area (Å²) in [5, 5.41) is 22.1. The van der Waals surface area contributed by atoms with Crippen molar-refractivity contribution in [1.82, 2.24) is 9.97 Å². The Labute approximate surface area is 217 Å². The molecule has 0 spiro atoms. The number of halogens is 1. The number of anilines is 1. The van der Waals surface area contributed by atoms with Crippen LogP contribution in [-0.2, 0) is 18.4 Å². The van der Waals surface area contributed by atoms with E-state index in [4.69, 9.17) is 26.4 Å².